The topological polar surface area (TPSA) is 0 Å². The molecule has 1 unspecified atom stereocenters. The fourth-order valence-corrected chi connectivity index (χ4v) is 1.92. The van der Waals surface area contributed by atoms with Crippen molar-refractivity contribution in [1.82, 2.24) is 0 Å². The number of alkyl halides is 3. The van der Waals surface area contributed by atoms with Crippen LogP contribution < -0.4 is 0 Å². The van der Waals surface area contributed by atoms with E-state index in [2.05, 4.69) is 0 Å². The first-order valence-corrected chi connectivity index (χ1v) is 6.17. The van der Waals surface area contributed by atoms with Crippen LogP contribution in [-0.2, 0) is 0 Å². The Labute approximate surface area is 111 Å². The summed E-state index contributed by atoms with van der Waals surface area (Å²) >= 11 is 0. The molecular weight excluding hydrogens is 255 g/mol. The van der Waals surface area contributed by atoms with Gasteiger partial charge in [0.25, 0.3) is 0 Å². The minimum atomic E-state index is -4.50. The molecule has 0 amide bonds. The van der Waals surface area contributed by atoms with Crippen molar-refractivity contribution in [3.05, 3.63) is 41.1 Å². The third kappa shape index (κ3) is 3.85. The molecule has 0 spiro atoms. The Hall–Kier alpha value is -1.26. The molecule has 103 valence electrons. The van der Waals surface area contributed by atoms with Gasteiger partial charge in [-0.3, -0.25) is 0 Å². The van der Waals surface area contributed by atoms with Crippen LogP contribution in [0.3, 0.4) is 0 Å². The summed E-state index contributed by atoms with van der Waals surface area (Å²) in [5, 5.41) is 0. The van der Waals surface area contributed by atoms with E-state index in [1.165, 1.54) is 26.2 Å². The van der Waals surface area contributed by atoms with Gasteiger partial charge < -0.3 is 0 Å². The van der Waals surface area contributed by atoms with E-state index in [0.717, 1.165) is 12.0 Å². The molecule has 0 fully saturated rings. The number of benzene rings is 1. The second kappa shape index (κ2) is 6.26. The zero-order valence-electron chi connectivity index (χ0n) is 11.2. The molecule has 0 bridgehead atoms. The van der Waals surface area contributed by atoms with Gasteiger partial charge in [-0.15, -0.1) is 5.98 Å². The summed E-state index contributed by atoms with van der Waals surface area (Å²) in [6, 6.07) is 3.60. The second-order valence-corrected chi connectivity index (χ2v) is 4.45. The maximum atomic E-state index is 13.3. The molecule has 0 aliphatic rings. The highest BCUT2D eigenvalue weighted by atomic mass is 19.4. The van der Waals surface area contributed by atoms with Crippen molar-refractivity contribution >= 4 is 12.9 Å². The lowest BCUT2D eigenvalue weighted by atomic mass is 9.77. The van der Waals surface area contributed by atoms with E-state index in [0.29, 0.717) is 12.0 Å². The van der Waals surface area contributed by atoms with Crippen molar-refractivity contribution in [2.75, 3.05) is 0 Å². The number of halogens is 4. The smallest absolute Gasteiger partial charge is 0.207 e. The molecule has 5 heteroatoms. The van der Waals surface area contributed by atoms with E-state index in [1.807, 2.05) is 13.8 Å². The summed E-state index contributed by atoms with van der Waals surface area (Å²) in [4.78, 5) is 0. The van der Waals surface area contributed by atoms with Gasteiger partial charge in [0, 0.05) is 5.57 Å². The predicted octanol–water partition coefficient (Wildman–Crippen LogP) is 4.99. The lowest BCUT2D eigenvalue weighted by molar-refractivity contribution is -0.0688. The predicted molar refractivity (Wildman–Crippen MR) is 70.8 cm³/mol. The normalized spacial score (nSPS) is 14.4. The minimum Gasteiger partial charge on any atom is -0.207 e. The lowest BCUT2D eigenvalue weighted by Gasteiger charge is -2.19. The molecule has 19 heavy (non-hydrogen) atoms. The Bertz CT molecular complexity index is 463. The third-order valence-electron chi connectivity index (χ3n) is 3.09. The Balaban J connectivity index is 3.45. The highest BCUT2D eigenvalue weighted by Crippen LogP contribution is 2.38. The maximum Gasteiger partial charge on any atom is 0.415 e. The van der Waals surface area contributed by atoms with Gasteiger partial charge in [0.1, 0.15) is 13.1 Å². The van der Waals surface area contributed by atoms with Crippen molar-refractivity contribution in [2.45, 2.75) is 39.2 Å². The SMILES string of the molecule is C[B]/C=C(\c1cc(F)ccc1C(C)CC)C(F)(F)F. The van der Waals surface area contributed by atoms with Crippen molar-refractivity contribution in [1.29, 1.82) is 0 Å². The number of allylic oxidation sites excluding steroid dienone is 1. The molecule has 0 heterocycles. The highest BCUT2D eigenvalue weighted by Gasteiger charge is 2.35. The number of rotatable bonds is 4. The van der Waals surface area contributed by atoms with Crippen LogP contribution >= 0.6 is 0 Å². The van der Waals surface area contributed by atoms with Crippen LogP contribution in [0.25, 0.3) is 5.57 Å². The molecule has 0 N–H and O–H groups in total. The standard InChI is InChI=1S/C14H16BF4/c1-4-9(2)11-6-5-10(16)7-12(11)13(8-15-3)14(17,18)19/h5-9H,4H2,1-3H3/b13-8+. The van der Waals surface area contributed by atoms with Gasteiger partial charge in [-0.1, -0.05) is 26.7 Å². The second-order valence-electron chi connectivity index (χ2n) is 4.45. The lowest BCUT2D eigenvalue weighted by Crippen LogP contribution is -2.14. The molecule has 0 nitrogen and oxygen atoms in total. The van der Waals surface area contributed by atoms with Gasteiger partial charge in [-0.05, 0) is 35.6 Å². The van der Waals surface area contributed by atoms with Gasteiger partial charge in [0.15, 0.2) is 0 Å². The summed E-state index contributed by atoms with van der Waals surface area (Å²) < 4.78 is 52.5. The first-order chi connectivity index (χ1) is 8.81. The average Bonchev–Trinajstić information content (AvgIpc) is 2.33. The van der Waals surface area contributed by atoms with Crippen molar-refractivity contribution in [3.63, 3.8) is 0 Å². The van der Waals surface area contributed by atoms with Gasteiger partial charge in [-0.25, -0.2) is 4.39 Å². The first-order valence-electron chi connectivity index (χ1n) is 6.17. The molecule has 1 rings (SSSR count). The summed E-state index contributed by atoms with van der Waals surface area (Å²) in [5.74, 6) is 0.271. The van der Waals surface area contributed by atoms with E-state index < -0.39 is 17.6 Å². The molecule has 0 saturated carbocycles. The van der Waals surface area contributed by atoms with Crippen molar-refractivity contribution in [2.24, 2.45) is 0 Å². The Kier molecular flexibility index (Phi) is 5.21. The summed E-state index contributed by atoms with van der Waals surface area (Å²) in [7, 11) is 1.31. The molecule has 0 aliphatic heterocycles. The molecule has 1 atom stereocenters. The molecule has 0 aliphatic carbocycles. The van der Waals surface area contributed by atoms with E-state index in [-0.39, 0.29) is 11.5 Å². The van der Waals surface area contributed by atoms with E-state index in [4.69, 9.17) is 0 Å². The van der Waals surface area contributed by atoms with E-state index >= 15 is 0 Å². The zero-order chi connectivity index (χ0) is 14.6. The fraction of sp³-hybridized carbons (Fsp3) is 0.429. The van der Waals surface area contributed by atoms with Crippen LogP contribution in [0.2, 0.25) is 6.82 Å². The highest BCUT2D eigenvalue weighted by molar-refractivity contribution is 6.42. The van der Waals surface area contributed by atoms with E-state index in [9.17, 15) is 17.6 Å². The van der Waals surface area contributed by atoms with Crippen molar-refractivity contribution in [3.8, 4) is 0 Å². The molecule has 1 radical (unpaired) electrons. The monoisotopic (exact) mass is 271 g/mol. The number of hydrogen-bond donors (Lipinski definition) is 0. The largest absolute Gasteiger partial charge is 0.415 e. The van der Waals surface area contributed by atoms with Crippen LogP contribution in [0.15, 0.2) is 24.2 Å². The zero-order valence-corrected chi connectivity index (χ0v) is 11.2. The van der Waals surface area contributed by atoms with Gasteiger partial charge >= 0.3 is 6.18 Å². The van der Waals surface area contributed by atoms with Crippen LogP contribution in [0.5, 0.6) is 0 Å². The van der Waals surface area contributed by atoms with Crippen LogP contribution in [0, 0.1) is 5.82 Å². The fourth-order valence-electron chi connectivity index (χ4n) is 1.92. The molecule has 0 saturated heterocycles. The first kappa shape index (κ1) is 15.8. The van der Waals surface area contributed by atoms with Crippen LogP contribution in [0.1, 0.15) is 37.3 Å². The van der Waals surface area contributed by atoms with Crippen LogP contribution in [0.4, 0.5) is 17.6 Å². The van der Waals surface area contributed by atoms with Crippen molar-refractivity contribution < 1.29 is 17.6 Å². The summed E-state index contributed by atoms with van der Waals surface area (Å²) in [6.07, 6.45) is -3.80. The molecular formula is C14H16BF4. The summed E-state index contributed by atoms with van der Waals surface area (Å²) in [6.45, 7) is 5.23. The molecule has 1 aromatic carbocycles. The van der Waals surface area contributed by atoms with Crippen LogP contribution in [-0.4, -0.2) is 13.5 Å². The summed E-state index contributed by atoms with van der Waals surface area (Å²) in [5.41, 5.74) is -0.348. The maximum absolute atomic E-state index is 13.3. The molecule has 0 aromatic heterocycles. The minimum absolute atomic E-state index is 0.0572. The average molecular weight is 271 g/mol. The van der Waals surface area contributed by atoms with Gasteiger partial charge in [-0.2, -0.15) is 13.2 Å². The Morgan fingerprint density at radius 3 is 2.47 bits per heavy atom. The third-order valence-corrected chi connectivity index (χ3v) is 3.09. The van der Waals surface area contributed by atoms with Gasteiger partial charge in [0.2, 0.25) is 0 Å². The Morgan fingerprint density at radius 2 is 2.00 bits per heavy atom. The quantitative estimate of drug-likeness (QED) is 0.534. The van der Waals surface area contributed by atoms with Gasteiger partial charge in [0.05, 0.1) is 0 Å². The Morgan fingerprint density at radius 1 is 1.37 bits per heavy atom. The molecule has 1 aromatic rings. The van der Waals surface area contributed by atoms with E-state index in [1.54, 1.807) is 0 Å². The number of hydrogen-bond acceptors (Lipinski definition) is 0.